The SMILES string of the molecule is Nc1nc(-c2cc(-c3ccncc3)ccc2O)cn(C2CCCNC2)c1=O. The van der Waals surface area contributed by atoms with Gasteiger partial charge in [0.05, 0.1) is 5.69 Å². The van der Waals surface area contributed by atoms with E-state index in [4.69, 9.17) is 5.73 Å². The number of rotatable bonds is 3. The van der Waals surface area contributed by atoms with Crippen molar-refractivity contribution in [2.45, 2.75) is 18.9 Å². The predicted molar refractivity (Wildman–Crippen MR) is 104 cm³/mol. The number of aromatic hydroxyl groups is 1. The first-order valence-corrected chi connectivity index (χ1v) is 8.96. The number of anilines is 1. The van der Waals surface area contributed by atoms with Crippen LogP contribution in [0.1, 0.15) is 18.9 Å². The van der Waals surface area contributed by atoms with Gasteiger partial charge in [0.25, 0.3) is 5.56 Å². The number of nitrogens with zero attached hydrogens (tertiary/aromatic N) is 3. The highest BCUT2D eigenvalue weighted by Crippen LogP contribution is 2.33. The Morgan fingerprint density at radius 1 is 1.19 bits per heavy atom. The summed E-state index contributed by atoms with van der Waals surface area (Å²) in [4.78, 5) is 20.8. The average Bonchev–Trinajstić information content (AvgIpc) is 2.72. The lowest BCUT2D eigenvalue weighted by Gasteiger charge is -2.25. The number of benzene rings is 1. The second kappa shape index (κ2) is 7.20. The summed E-state index contributed by atoms with van der Waals surface area (Å²) in [5.41, 5.74) is 8.52. The third-order valence-electron chi connectivity index (χ3n) is 4.91. The molecule has 1 aliphatic heterocycles. The standard InChI is InChI=1S/C20H21N5O2/c21-19-20(27)25(15-2-1-7-23-11-15)12-17(24-19)16-10-14(3-4-18(16)26)13-5-8-22-9-6-13/h3-6,8-10,12,15,23,26H,1-2,7,11H2,(H2,21,24). The first kappa shape index (κ1) is 17.2. The molecule has 1 fully saturated rings. The van der Waals surface area contributed by atoms with E-state index < -0.39 is 0 Å². The monoisotopic (exact) mass is 363 g/mol. The number of hydrogen-bond donors (Lipinski definition) is 3. The minimum atomic E-state index is -0.294. The molecule has 3 heterocycles. The number of phenolic OH excluding ortho intramolecular Hbond substituents is 1. The van der Waals surface area contributed by atoms with Gasteiger partial charge in [-0.15, -0.1) is 0 Å². The summed E-state index contributed by atoms with van der Waals surface area (Å²) in [6.45, 7) is 1.67. The molecule has 0 bridgehead atoms. The van der Waals surface area contributed by atoms with Crippen LogP contribution in [-0.2, 0) is 0 Å². The fourth-order valence-corrected chi connectivity index (χ4v) is 3.47. The Morgan fingerprint density at radius 2 is 2.00 bits per heavy atom. The van der Waals surface area contributed by atoms with Crippen LogP contribution in [0.15, 0.2) is 53.7 Å². The summed E-state index contributed by atoms with van der Waals surface area (Å²) in [6.07, 6.45) is 7.03. The molecule has 4 N–H and O–H groups in total. The average molecular weight is 363 g/mol. The Kier molecular flexibility index (Phi) is 4.60. The molecule has 27 heavy (non-hydrogen) atoms. The van der Waals surface area contributed by atoms with E-state index >= 15 is 0 Å². The molecular weight excluding hydrogens is 342 g/mol. The van der Waals surface area contributed by atoms with Gasteiger partial charge in [0.1, 0.15) is 5.75 Å². The van der Waals surface area contributed by atoms with Crippen molar-refractivity contribution in [2.75, 3.05) is 18.8 Å². The molecule has 7 heteroatoms. The molecule has 1 saturated heterocycles. The maximum absolute atomic E-state index is 12.5. The van der Waals surface area contributed by atoms with Gasteiger partial charge in [0.15, 0.2) is 5.82 Å². The van der Waals surface area contributed by atoms with Crippen molar-refractivity contribution in [3.05, 3.63) is 59.3 Å². The van der Waals surface area contributed by atoms with Gasteiger partial charge >= 0.3 is 0 Å². The van der Waals surface area contributed by atoms with E-state index in [0.29, 0.717) is 17.8 Å². The van der Waals surface area contributed by atoms with Crippen LogP contribution in [0.25, 0.3) is 22.4 Å². The fraction of sp³-hybridized carbons (Fsp3) is 0.250. The van der Waals surface area contributed by atoms with E-state index in [2.05, 4.69) is 15.3 Å². The Balaban J connectivity index is 1.81. The van der Waals surface area contributed by atoms with Gasteiger partial charge in [-0.1, -0.05) is 6.07 Å². The first-order chi connectivity index (χ1) is 13.1. The van der Waals surface area contributed by atoms with Crippen LogP contribution in [0.2, 0.25) is 0 Å². The van der Waals surface area contributed by atoms with Crippen molar-refractivity contribution in [2.24, 2.45) is 0 Å². The van der Waals surface area contributed by atoms with Crippen molar-refractivity contribution in [3.8, 4) is 28.1 Å². The molecule has 1 aliphatic rings. The molecule has 0 saturated carbocycles. The predicted octanol–water partition coefficient (Wildman–Crippen LogP) is 2.18. The zero-order chi connectivity index (χ0) is 18.8. The molecule has 2 aromatic heterocycles. The summed E-state index contributed by atoms with van der Waals surface area (Å²) in [5.74, 6) is 0.0264. The van der Waals surface area contributed by atoms with Gasteiger partial charge in [-0.3, -0.25) is 9.78 Å². The van der Waals surface area contributed by atoms with Crippen LogP contribution in [0, 0.1) is 0 Å². The molecule has 3 aromatic rings. The number of nitrogens with one attached hydrogen (secondary N) is 1. The van der Waals surface area contributed by atoms with E-state index in [1.165, 1.54) is 0 Å². The summed E-state index contributed by atoms with van der Waals surface area (Å²) < 4.78 is 1.64. The van der Waals surface area contributed by atoms with Crippen LogP contribution in [0.5, 0.6) is 5.75 Å². The van der Waals surface area contributed by atoms with Crippen molar-refractivity contribution in [3.63, 3.8) is 0 Å². The van der Waals surface area contributed by atoms with Crippen molar-refractivity contribution in [1.29, 1.82) is 0 Å². The van der Waals surface area contributed by atoms with E-state index in [-0.39, 0.29) is 23.2 Å². The molecule has 4 rings (SSSR count). The highest BCUT2D eigenvalue weighted by molar-refractivity contribution is 5.75. The number of piperidine rings is 1. The second-order valence-electron chi connectivity index (χ2n) is 6.69. The minimum Gasteiger partial charge on any atom is -0.507 e. The first-order valence-electron chi connectivity index (χ1n) is 8.96. The quantitative estimate of drug-likeness (QED) is 0.659. The Labute approximate surface area is 156 Å². The van der Waals surface area contributed by atoms with Crippen LogP contribution in [0.3, 0.4) is 0 Å². The molecule has 0 amide bonds. The summed E-state index contributed by atoms with van der Waals surface area (Å²) in [5, 5.41) is 13.7. The Hall–Kier alpha value is -3.19. The Bertz CT molecular complexity index is 1010. The lowest BCUT2D eigenvalue weighted by molar-refractivity contribution is 0.364. The number of phenols is 1. The lowest BCUT2D eigenvalue weighted by atomic mass is 10.0. The smallest absolute Gasteiger partial charge is 0.293 e. The molecule has 1 aromatic carbocycles. The van der Waals surface area contributed by atoms with Crippen molar-refractivity contribution in [1.82, 2.24) is 19.9 Å². The molecule has 0 aliphatic carbocycles. The van der Waals surface area contributed by atoms with Gasteiger partial charge in [-0.2, -0.15) is 0 Å². The summed E-state index contributed by atoms with van der Waals surface area (Å²) >= 11 is 0. The molecule has 0 radical (unpaired) electrons. The largest absolute Gasteiger partial charge is 0.507 e. The van der Waals surface area contributed by atoms with Crippen LogP contribution in [-0.4, -0.2) is 32.7 Å². The zero-order valence-corrected chi connectivity index (χ0v) is 14.8. The van der Waals surface area contributed by atoms with Crippen LogP contribution < -0.4 is 16.6 Å². The van der Waals surface area contributed by atoms with Gasteiger partial charge in [-0.05, 0) is 54.8 Å². The minimum absolute atomic E-state index is 0.0285. The van der Waals surface area contributed by atoms with Gasteiger partial charge in [0.2, 0.25) is 0 Å². The third kappa shape index (κ3) is 3.41. The molecular formula is C20H21N5O2. The number of hydrogen-bond acceptors (Lipinski definition) is 6. The van der Waals surface area contributed by atoms with Gasteiger partial charge in [0, 0.05) is 36.7 Å². The number of nitrogens with two attached hydrogens (primary N) is 1. The van der Waals surface area contributed by atoms with Gasteiger partial charge in [-0.25, -0.2) is 4.98 Å². The van der Waals surface area contributed by atoms with Crippen LogP contribution >= 0.6 is 0 Å². The molecule has 1 atom stereocenters. The molecule has 7 nitrogen and oxygen atoms in total. The summed E-state index contributed by atoms with van der Waals surface area (Å²) in [6, 6.07) is 9.12. The Morgan fingerprint density at radius 3 is 2.74 bits per heavy atom. The van der Waals surface area contributed by atoms with Crippen molar-refractivity contribution >= 4 is 5.82 Å². The topological polar surface area (TPSA) is 106 Å². The summed E-state index contributed by atoms with van der Waals surface area (Å²) in [7, 11) is 0. The zero-order valence-electron chi connectivity index (χ0n) is 14.8. The maximum atomic E-state index is 12.5. The second-order valence-corrected chi connectivity index (χ2v) is 6.69. The van der Waals surface area contributed by atoms with E-state index in [9.17, 15) is 9.90 Å². The van der Waals surface area contributed by atoms with E-state index in [1.54, 1.807) is 29.2 Å². The highest BCUT2D eigenvalue weighted by Gasteiger charge is 2.19. The van der Waals surface area contributed by atoms with Gasteiger partial charge < -0.3 is 20.7 Å². The maximum Gasteiger partial charge on any atom is 0.293 e. The number of nitrogen functional groups attached to an aromatic ring is 1. The van der Waals surface area contributed by atoms with Crippen molar-refractivity contribution < 1.29 is 5.11 Å². The number of pyridine rings is 1. The molecule has 1 unspecified atom stereocenters. The van der Waals surface area contributed by atoms with Crippen LogP contribution in [0.4, 0.5) is 5.82 Å². The normalized spacial score (nSPS) is 17.0. The van der Waals surface area contributed by atoms with E-state index in [0.717, 1.165) is 30.5 Å². The molecule has 138 valence electrons. The molecule has 0 spiro atoms. The fourth-order valence-electron chi connectivity index (χ4n) is 3.47. The number of aromatic nitrogens is 3. The highest BCUT2D eigenvalue weighted by atomic mass is 16.3. The van der Waals surface area contributed by atoms with E-state index in [1.807, 2.05) is 24.3 Å². The third-order valence-corrected chi connectivity index (χ3v) is 4.91. The lowest BCUT2D eigenvalue weighted by Crippen LogP contribution is -2.37.